The number of halogens is 1. The average molecular weight is 487 g/mol. The number of nitrogens with one attached hydrogen (secondary N) is 3. The molecule has 1 aliphatic heterocycles. The van der Waals surface area contributed by atoms with Gasteiger partial charge < -0.3 is 13.7 Å². The minimum absolute atomic E-state index is 0.124. The van der Waals surface area contributed by atoms with Crippen molar-refractivity contribution >= 4 is 40.7 Å². The number of hydrogen-bond donors (Lipinski definition) is 3. The van der Waals surface area contributed by atoms with Gasteiger partial charge >= 0.3 is 6.03 Å². The highest BCUT2D eigenvalue weighted by Gasteiger charge is 2.34. The number of rotatable bonds is 7. The maximum Gasteiger partial charge on any atom is 0.322 e. The summed E-state index contributed by atoms with van der Waals surface area (Å²) in [6.07, 6.45) is 0.477. The fourth-order valence-electron chi connectivity index (χ4n) is 3.04. The molecule has 8 heteroatoms. The van der Waals surface area contributed by atoms with Crippen molar-refractivity contribution < 1.29 is 17.4 Å². The van der Waals surface area contributed by atoms with Gasteiger partial charge in [0.25, 0.3) is 5.91 Å². The Hall–Kier alpha value is -1.68. The van der Waals surface area contributed by atoms with Crippen LogP contribution in [0.25, 0.3) is 0 Å². The Morgan fingerprint density at radius 3 is 2.44 bits per heavy atom. The van der Waals surface area contributed by atoms with Crippen LogP contribution >= 0.6 is 23.0 Å². The van der Waals surface area contributed by atoms with Gasteiger partial charge in [0.05, 0.1) is 6.04 Å². The van der Waals surface area contributed by atoms with Gasteiger partial charge in [-0.05, 0) is 24.1 Å². The molecule has 0 bridgehead atoms. The number of carbonyl (C=O) groups excluding carboxylic acids is 3. The van der Waals surface area contributed by atoms with Crippen molar-refractivity contribution in [1.29, 1.82) is 0 Å². The number of amides is 3. The molecular formula is C19H26IN3O4. The second kappa shape index (κ2) is 8.55. The Kier molecular flexibility index (Phi) is 6.85. The normalized spacial score (nSPS) is 18.3. The molecule has 2 unspecified atom stereocenters. The van der Waals surface area contributed by atoms with Crippen molar-refractivity contribution in [3.63, 3.8) is 0 Å². The number of imide groups is 1. The topological polar surface area (TPSA) is 96.5 Å². The van der Waals surface area contributed by atoms with Crippen LogP contribution in [0.5, 0.6) is 5.75 Å². The Balaban J connectivity index is 2.34. The molecule has 0 saturated carbocycles. The zero-order valence-electron chi connectivity index (χ0n) is 16.2. The second-order valence-electron chi connectivity index (χ2n) is 8.04. The van der Waals surface area contributed by atoms with E-state index in [2.05, 4.69) is 16.0 Å². The van der Waals surface area contributed by atoms with E-state index in [-0.39, 0.29) is 17.9 Å². The molecule has 0 aliphatic carbocycles. The number of Topliss-reactive ketones (excluding diaryl/α,β-unsaturated/α-hetero) is 1. The third-order valence-corrected chi connectivity index (χ3v) is 4.75. The van der Waals surface area contributed by atoms with Crippen LogP contribution in [0.1, 0.15) is 51.8 Å². The Morgan fingerprint density at radius 1 is 1.30 bits per heavy atom. The lowest BCUT2D eigenvalue weighted by Crippen LogP contribution is -2.47. The predicted octanol–water partition coefficient (Wildman–Crippen LogP) is 2.82. The fraction of sp³-hybridized carbons (Fsp3) is 0.526. The van der Waals surface area contributed by atoms with Gasteiger partial charge in [0.2, 0.25) is 0 Å². The van der Waals surface area contributed by atoms with Gasteiger partial charge in [0.15, 0.2) is 28.8 Å². The Morgan fingerprint density at radius 2 is 1.96 bits per heavy atom. The zero-order valence-corrected chi connectivity index (χ0v) is 18.3. The molecule has 1 aromatic rings. The molecule has 7 nitrogen and oxygen atoms in total. The molecule has 0 radical (unpaired) electrons. The van der Waals surface area contributed by atoms with Crippen molar-refractivity contribution in [2.75, 3.05) is 0 Å². The van der Waals surface area contributed by atoms with Gasteiger partial charge in [0, 0.05) is 17.0 Å². The molecule has 1 saturated heterocycles. The summed E-state index contributed by atoms with van der Waals surface area (Å²) in [6.45, 7) is 9.71. The van der Waals surface area contributed by atoms with Gasteiger partial charge in [-0.25, -0.2) is 4.79 Å². The van der Waals surface area contributed by atoms with Crippen LogP contribution in [0.15, 0.2) is 18.2 Å². The van der Waals surface area contributed by atoms with Crippen LogP contribution in [0, 0.1) is 5.41 Å². The average Bonchev–Trinajstić information content (AvgIpc) is 2.90. The van der Waals surface area contributed by atoms with Crippen LogP contribution in [-0.2, 0) is 16.0 Å². The standard InChI is InChI=1S/C19H26IN3O4/c1-10(2)21-13(16(24)19(3,4)5)9-11-6-7-14(27-20)12(8-11)15-17(25)23-18(26)22-15/h6-8,10,13,15,21H,9H2,1-5H3,(H2,22,23,25,26). The summed E-state index contributed by atoms with van der Waals surface area (Å²) in [5.74, 6) is 0.200. The maximum absolute atomic E-state index is 12.9. The first kappa shape index (κ1) is 21.6. The van der Waals surface area contributed by atoms with Crippen molar-refractivity contribution in [2.45, 2.75) is 59.2 Å². The van der Waals surface area contributed by atoms with Crippen molar-refractivity contribution in [3.8, 4) is 5.75 Å². The highest BCUT2D eigenvalue weighted by Crippen LogP contribution is 2.30. The van der Waals surface area contributed by atoms with E-state index in [0.717, 1.165) is 5.56 Å². The number of benzene rings is 1. The SMILES string of the molecule is CC(C)NC(Cc1ccc(OI)c(C2NC(=O)NC2=O)c1)C(=O)C(C)(C)C. The molecule has 148 valence electrons. The summed E-state index contributed by atoms with van der Waals surface area (Å²) in [5, 5.41) is 8.15. The van der Waals surface area contributed by atoms with Crippen LogP contribution in [0.4, 0.5) is 4.79 Å². The number of carbonyl (C=O) groups is 3. The largest absolute Gasteiger partial charge is 0.427 e. The summed E-state index contributed by atoms with van der Waals surface area (Å²) in [7, 11) is 0. The lowest BCUT2D eigenvalue weighted by molar-refractivity contribution is -0.128. The number of ketones is 1. The molecule has 3 amide bonds. The Labute approximate surface area is 173 Å². The fourth-order valence-corrected chi connectivity index (χ4v) is 3.45. The zero-order chi connectivity index (χ0) is 20.4. The van der Waals surface area contributed by atoms with Crippen molar-refractivity contribution in [1.82, 2.24) is 16.0 Å². The lowest BCUT2D eigenvalue weighted by Gasteiger charge is -2.27. The molecular weight excluding hydrogens is 461 g/mol. The van der Waals surface area contributed by atoms with E-state index in [1.165, 1.54) is 0 Å². The summed E-state index contributed by atoms with van der Waals surface area (Å²) < 4.78 is 5.32. The number of urea groups is 1. The predicted molar refractivity (Wildman–Crippen MR) is 111 cm³/mol. The van der Waals surface area contributed by atoms with E-state index in [0.29, 0.717) is 17.7 Å². The molecule has 1 heterocycles. The first-order valence-corrected chi connectivity index (χ1v) is 9.74. The first-order chi connectivity index (χ1) is 12.5. The summed E-state index contributed by atoms with van der Waals surface area (Å²) in [6, 6.07) is 3.90. The maximum atomic E-state index is 12.9. The molecule has 3 N–H and O–H groups in total. The molecule has 0 spiro atoms. The van der Waals surface area contributed by atoms with Crippen LogP contribution in [0.2, 0.25) is 0 Å². The highest BCUT2D eigenvalue weighted by molar-refractivity contribution is 14.1. The van der Waals surface area contributed by atoms with E-state index in [4.69, 9.17) is 3.07 Å². The highest BCUT2D eigenvalue weighted by atomic mass is 127. The quantitative estimate of drug-likeness (QED) is 0.406. The van der Waals surface area contributed by atoms with E-state index in [1.54, 1.807) is 29.1 Å². The van der Waals surface area contributed by atoms with Gasteiger partial charge in [-0.3, -0.25) is 14.9 Å². The van der Waals surface area contributed by atoms with Crippen molar-refractivity contribution in [2.24, 2.45) is 5.41 Å². The minimum Gasteiger partial charge on any atom is -0.427 e. The molecule has 0 aromatic heterocycles. The van der Waals surface area contributed by atoms with Gasteiger partial charge in [-0.1, -0.05) is 40.7 Å². The van der Waals surface area contributed by atoms with Crippen LogP contribution in [0.3, 0.4) is 0 Å². The van der Waals surface area contributed by atoms with E-state index in [9.17, 15) is 14.4 Å². The van der Waals surface area contributed by atoms with Crippen molar-refractivity contribution in [3.05, 3.63) is 29.3 Å². The molecule has 1 aromatic carbocycles. The first-order valence-electron chi connectivity index (χ1n) is 8.86. The summed E-state index contributed by atoms with van der Waals surface area (Å²) in [4.78, 5) is 36.4. The van der Waals surface area contributed by atoms with E-state index < -0.39 is 23.4 Å². The van der Waals surface area contributed by atoms with Gasteiger partial charge in [-0.15, -0.1) is 0 Å². The molecule has 2 atom stereocenters. The third kappa shape index (κ3) is 5.41. The minimum atomic E-state index is -0.808. The van der Waals surface area contributed by atoms with Gasteiger partial charge in [0.1, 0.15) is 11.8 Å². The number of hydrogen-bond acceptors (Lipinski definition) is 5. The van der Waals surface area contributed by atoms with E-state index >= 15 is 0 Å². The molecule has 2 rings (SSSR count). The molecule has 27 heavy (non-hydrogen) atoms. The summed E-state index contributed by atoms with van der Waals surface area (Å²) >= 11 is 1.74. The molecule has 1 fully saturated rings. The van der Waals surface area contributed by atoms with Crippen LogP contribution < -0.4 is 19.0 Å². The second-order valence-corrected chi connectivity index (χ2v) is 8.48. The smallest absolute Gasteiger partial charge is 0.322 e. The lowest BCUT2D eigenvalue weighted by atomic mass is 9.83. The Bertz CT molecular complexity index is 743. The third-order valence-electron chi connectivity index (χ3n) is 4.27. The van der Waals surface area contributed by atoms with Gasteiger partial charge in [-0.2, -0.15) is 0 Å². The molecule has 1 aliphatic rings. The monoisotopic (exact) mass is 487 g/mol. The van der Waals surface area contributed by atoms with Crippen LogP contribution in [-0.4, -0.2) is 29.8 Å². The van der Waals surface area contributed by atoms with E-state index in [1.807, 2.05) is 46.8 Å². The summed E-state index contributed by atoms with van der Waals surface area (Å²) in [5.41, 5.74) is 0.976.